The molecule has 0 saturated heterocycles. The lowest BCUT2D eigenvalue weighted by Gasteiger charge is -2.06. The van der Waals surface area contributed by atoms with Crippen molar-refractivity contribution in [3.63, 3.8) is 0 Å². The standard InChI is InChI=1S/C16H14FIN2O2S/c17-12-1-6-16-15(9-12)11(10-19-16)7-8-20-23(21,22)14-4-2-13(18)3-5-14/h1-6,9-10,19-20H,7-8H2. The van der Waals surface area contributed by atoms with Crippen LogP contribution in [0.1, 0.15) is 5.56 Å². The van der Waals surface area contributed by atoms with E-state index in [-0.39, 0.29) is 17.3 Å². The summed E-state index contributed by atoms with van der Waals surface area (Å²) in [5, 5.41) is 0.776. The molecule has 3 rings (SSSR count). The van der Waals surface area contributed by atoms with Gasteiger partial charge < -0.3 is 4.98 Å². The quantitative estimate of drug-likeness (QED) is 0.593. The second-order valence-electron chi connectivity index (χ2n) is 5.11. The Bertz CT molecular complexity index is 936. The summed E-state index contributed by atoms with van der Waals surface area (Å²) in [6.45, 7) is 0.248. The summed E-state index contributed by atoms with van der Waals surface area (Å²) in [5.41, 5.74) is 1.71. The van der Waals surface area contributed by atoms with Crippen LogP contribution < -0.4 is 4.72 Å². The molecular weight excluding hydrogens is 430 g/mol. The van der Waals surface area contributed by atoms with Gasteiger partial charge in [0, 0.05) is 27.2 Å². The summed E-state index contributed by atoms with van der Waals surface area (Å²) in [7, 11) is -3.53. The Morgan fingerprint density at radius 2 is 1.87 bits per heavy atom. The molecule has 0 spiro atoms. The van der Waals surface area contributed by atoms with E-state index in [1.54, 1.807) is 36.5 Å². The van der Waals surface area contributed by atoms with E-state index < -0.39 is 10.0 Å². The highest BCUT2D eigenvalue weighted by molar-refractivity contribution is 14.1. The molecule has 0 unspecified atom stereocenters. The van der Waals surface area contributed by atoms with E-state index in [9.17, 15) is 12.8 Å². The number of aromatic amines is 1. The Kier molecular flexibility index (Phi) is 4.69. The molecule has 23 heavy (non-hydrogen) atoms. The third-order valence-corrected chi connectivity index (χ3v) is 5.74. The lowest BCUT2D eigenvalue weighted by molar-refractivity contribution is 0.581. The number of halogens is 2. The first-order valence-electron chi connectivity index (χ1n) is 6.96. The van der Waals surface area contributed by atoms with Crippen LogP contribution in [0.15, 0.2) is 53.6 Å². The summed E-state index contributed by atoms with van der Waals surface area (Å²) in [6.07, 6.45) is 2.26. The molecule has 0 aliphatic heterocycles. The predicted molar refractivity (Wildman–Crippen MR) is 96.3 cm³/mol. The van der Waals surface area contributed by atoms with Crippen LogP contribution in [0.4, 0.5) is 4.39 Å². The van der Waals surface area contributed by atoms with E-state index in [2.05, 4.69) is 32.3 Å². The lowest BCUT2D eigenvalue weighted by atomic mass is 10.1. The molecule has 0 saturated carbocycles. The molecule has 4 nitrogen and oxygen atoms in total. The van der Waals surface area contributed by atoms with Crippen LogP contribution in [-0.2, 0) is 16.4 Å². The first-order valence-corrected chi connectivity index (χ1v) is 9.53. The van der Waals surface area contributed by atoms with Crippen molar-refractivity contribution in [3.05, 3.63) is 63.6 Å². The first-order chi connectivity index (χ1) is 11.0. The molecule has 0 amide bonds. The minimum absolute atomic E-state index is 0.239. The number of fused-ring (bicyclic) bond motifs is 1. The summed E-state index contributed by atoms with van der Waals surface area (Å²) < 4.78 is 41.3. The van der Waals surface area contributed by atoms with Crippen LogP contribution in [0, 0.1) is 9.39 Å². The molecule has 0 fully saturated rings. The zero-order valence-corrected chi connectivity index (χ0v) is 15.0. The Morgan fingerprint density at radius 1 is 1.13 bits per heavy atom. The average molecular weight is 444 g/mol. The molecule has 7 heteroatoms. The summed E-state index contributed by atoms with van der Waals surface area (Å²) in [5.74, 6) is -0.308. The van der Waals surface area contributed by atoms with Crippen molar-refractivity contribution in [1.29, 1.82) is 0 Å². The summed E-state index contributed by atoms with van der Waals surface area (Å²) in [4.78, 5) is 3.29. The Morgan fingerprint density at radius 3 is 2.61 bits per heavy atom. The van der Waals surface area contributed by atoms with Gasteiger partial charge in [-0.3, -0.25) is 0 Å². The maximum absolute atomic E-state index is 13.3. The van der Waals surface area contributed by atoms with Gasteiger partial charge in [0.05, 0.1) is 4.90 Å². The Hall–Kier alpha value is -1.45. The molecule has 0 radical (unpaired) electrons. The Balaban J connectivity index is 1.70. The van der Waals surface area contributed by atoms with Gasteiger partial charge in [-0.25, -0.2) is 17.5 Å². The van der Waals surface area contributed by atoms with E-state index in [4.69, 9.17) is 0 Å². The van der Waals surface area contributed by atoms with E-state index in [1.165, 1.54) is 12.1 Å². The molecule has 3 aromatic rings. The molecular formula is C16H14FIN2O2S. The fourth-order valence-electron chi connectivity index (χ4n) is 2.37. The van der Waals surface area contributed by atoms with Gasteiger partial charge in [0.25, 0.3) is 0 Å². The molecule has 2 aromatic carbocycles. The molecule has 0 bridgehead atoms. The second-order valence-corrected chi connectivity index (χ2v) is 8.12. The van der Waals surface area contributed by atoms with Crippen molar-refractivity contribution >= 4 is 43.5 Å². The maximum Gasteiger partial charge on any atom is 0.240 e. The molecule has 120 valence electrons. The van der Waals surface area contributed by atoms with Crippen molar-refractivity contribution < 1.29 is 12.8 Å². The van der Waals surface area contributed by atoms with Crippen LogP contribution in [0.25, 0.3) is 10.9 Å². The largest absolute Gasteiger partial charge is 0.361 e. The number of sulfonamides is 1. The molecule has 1 aromatic heterocycles. The highest BCUT2D eigenvalue weighted by Crippen LogP contribution is 2.20. The molecule has 0 aliphatic carbocycles. The van der Waals surface area contributed by atoms with Crippen LogP contribution in [0.2, 0.25) is 0 Å². The first kappa shape index (κ1) is 16.4. The van der Waals surface area contributed by atoms with Crippen LogP contribution >= 0.6 is 22.6 Å². The Labute approximate surface area is 147 Å². The van der Waals surface area contributed by atoms with Gasteiger partial charge in [-0.2, -0.15) is 0 Å². The second kappa shape index (κ2) is 6.58. The van der Waals surface area contributed by atoms with Gasteiger partial charge in [-0.1, -0.05) is 0 Å². The maximum atomic E-state index is 13.3. The molecule has 0 atom stereocenters. The average Bonchev–Trinajstić information content (AvgIpc) is 2.90. The van der Waals surface area contributed by atoms with Crippen molar-refractivity contribution in [2.45, 2.75) is 11.3 Å². The fraction of sp³-hybridized carbons (Fsp3) is 0.125. The van der Waals surface area contributed by atoms with Crippen LogP contribution in [-0.4, -0.2) is 19.9 Å². The monoisotopic (exact) mass is 444 g/mol. The van der Waals surface area contributed by atoms with Gasteiger partial charge in [0.1, 0.15) is 5.82 Å². The minimum Gasteiger partial charge on any atom is -0.361 e. The normalized spacial score (nSPS) is 11.9. The molecule has 2 N–H and O–H groups in total. The van der Waals surface area contributed by atoms with Gasteiger partial charge in [-0.15, -0.1) is 0 Å². The van der Waals surface area contributed by atoms with Crippen molar-refractivity contribution in [3.8, 4) is 0 Å². The predicted octanol–water partition coefficient (Wildman–Crippen LogP) is 3.43. The van der Waals surface area contributed by atoms with Crippen molar-refractivity contribution in [1.82, 2.24) is 9.71 Å². The highest BCUT2D eigenvalue weighted by Gasteiger charge is 2.13. The van der Waals surface area contributed by atoms with E-state index in [0.29, 0.717) is 6.42 Å². The van der Waals surface area contributed by atoms with E-state index in [1.807, 2.05) is 0 Å². The zero-order valence-electron chi connectivity index (χ0n) is 12.0. The van der Waals surface area contributed by atoms with E-state index >= 15 is 0 Å². The van der Waals surface area contributed by atoms with Gasteiger partial charge in [0.15, 0.2) is 0 Å². The smallest absolute Gasteiger partial charge is 0.240 e. The van der Waals surface area contributed by atoms with Crippen LogP contribution in [0.3, 0.4) is 0 Å². The minimum atomic E-state index is -3.53. The number of benzene rings is 2. The summed E-state index contributed by atoms with van der Waals surface area (Å²) >= 11 is 2.12. The van der Waals surface area contributed by atoms with Crippen molar-refractivity contribution in [2.24, 2.45) is 0 Å². The SMILES string of the molecule is O=S(=O)(NCCc1c[nH]c2ccc(F)cc12)c1ccc(I)cc1. The number of hydrogen-bond donors (Lipinski definition) is 2. The van der Waals surface area contributed by atoms with E-state index in [0.717, 1.165) is 20.0 Å². The number of nitrogens with one attached hydrogen (secondary N) is 2. The van der Waals surface area contributed by atoms with Gasteiger partial charge >= 0.3 is 0 Å². The van der Waals surface area contributed by atoms with Crippen molar-refractivity contribution in [2.75, 3.05) is 6.54 Å². The fourth-order valence-corrected chi connectivity index (χ4v) is 3.77. The van der Waals surface area contributed by atoms with Crippen LogP contribution in [0.5, 0.6) is 0 Å². The zero-order chi connectivity index (χ0) is 16.4. The molecule has 1 heterocycles. The number of hydrogen-bond acceptors (Lipinski definition) is 2. The number of rotatable bonds is 5. The lowest BCUT2D eigenvalue weighted by Crippen LogP contribution is -2.25. The molecule has 0 aliphatic rings. The van der Waals surface area contributed by atoms with Gasteiger partial charge in [0.2, 0.25) is 10.0 Å². The number of aromatic nitrogens is 1. The third kappa shape index (κ3) is 3.73. The number of H-pyrrole nitrogens is 1. The third-order valence-electron chi connectivity index (χ3n) is 3.54. The topological polar surface area (TPSA) is 62.0 Å². The highest BCUT2D eigenvalue weighted by atomic mass is 127. The summed E-state index contributed by atoms with van der Waals surface area (Å²) in [6, 6.07) is 11.2. The van der Waals surface area contributed by atoms with Gasteiger partial charge in [-0.05, 0) is 77.0 Å².